The van der Waals surface area contributed by atoms with Crippen LogP contribution in [0.1, 0.15) is 19.8 Å². The number of nitrogens with zero attached hydrogens (tertiary/aromatic N) is 1. The van der Waals surface area contributed by atoms with Crippen LogP contribution in [0.4, 0.5) is 10.5 Å². The molecule has 0 aliphatic carbocycles. The van der Waals surface area contributed by atoms with E-state index in [1.165, 1.54) is 11.8 Å². The molecule has 0 saturated heterocycles. The molecule has 1 aromatic carbocycles. The first-order valence-corrected chi connectivity index (χ1v) is 7.89. The Balaban J connectivity index is 2.49. The fraction of sp³-hybridized carbons (Fsp3) is 0.400. The lowest BCUT2D eigenvalue weighted by Crippen LogP contribution is -2.30. The molecular formula is C15H19N3O3S. The van der Waals surface area contributed by atoms with Crippen molar-refractivity contribution < 1.29 is 14.7 Å². The number of nitriles is 1. The molecule has 1 aromatic rings. The van der Waals surface area contributed by atoms with Gasteiger partial charge in [0.25, 0.3) is 0 Å². The van der Waals surface area contributed by atoms with Crippen molar-refractivity contribution in [1.82, 2.24) is 5.32 Å². The van der Waals surface area contributed by atoms with Gasteiger partial charge in [-0.15, -0.1) is 11.8 Å². The highest BCUT2D eigenvalue weighted by molar-refractivity contribution is 7.99. The summed E-state index contributed by atoms with van der Waals surface area (Å²) in [7, 11) is 0. The lowest BCUT2D eigenvalue weighted by atomic mass is 10.3. The molecule has 0 radical (unpaired) electrons. The first kappa shape index (κ1) is 17.9. The van der Waals surface area contributed by atoms with Crippen molar-refractivity contribution >= 4 is 29.4 Å². The van der Waals surface area contributed by atoms with Crippen LogP contribution < -0.4 is 10.6 Å². The van der Waals surface area contributed by atoms with Gasteiger partial charge in [-0.3, -0.25) is 4.79 Å². The van der Waals surface area contributed by atoms with E-state index in [9.17, 15) is 9.59 Å². The van der Waals surface area contributed by atoms with Crippen molar-refractivity contribution in [3.8, 4) is 6.07 Å². The average molecular weight is 321 g/mol. The number of anilines is 1. The van der Waals surface area contributed by atoms with E-state index >= 15 is 0 Å². The third-order valence-electron chi connectivity index (χ3n) is 2.70. The molecule has 7 heteroatoms. The maximum Gasteiger partial charge on any atom is 0.319 e. The molecular weight excluding hydrogens is 302 g/mol. The molecule has 1 rings (SSSR count). The van der Waals surface area contributed by atoms with E-state index < -0.39 is 5.97 Å². The van der Waals surface area contributed by atoms with E-state index in [2.05, 4.69) is 16.7 Å². The number of rotatable bonds is 8. The van der Waals surface area contributed by atoms with Crippen LogP contribution >= 0.6 is 11.8 Å². The summed E-state index contributed by atoms with van der Waals surface area (Å²) in [4.78, 5) is 23.0. The average Bonchev–Trinajstić information content (AvgIpc) is 2.50. The smallest absolute Gasteiger partial charge is 0.319 e. The predicted molar refractivity (Wildman–Crippen MR) is 85.8 cm³/mol. The van der Waals surface area contributed by atoms with Crippen molar-refractivity contribution in [2.45, 2.75) is 24.7 Å². The minimum Gasteiger partial charge on any atom is -0.481 e. The highest BCUT2D eigenvalue weighted by Gasteiger charge is 2.08. The van der Waals surface area contributed by atoms with E-state index in [4.69, 9.17) is 10.4 Å². The number of carboxylic acids is 1. The molecule has 0 saturated carbocycles. The summed E-state index contributed by atoms with van der Waals surface area (Å²) in [6.45, 7) is 2.15. The first-order chi connectivity index (χ1) is 10.5. The molecule has 0 bridgehead atoms. The Hall–Kier alpha value is -2.20. The zero-order chi connectivity index (χ0) is 16.4. The molecule has 118 valence electrons. The quantitative estimate of drug-likeness (QED) is 0.504. The lowest BCUT2D eigenvalue weighted by Gasteiger charge is -2.12. The summed E-state index contributed by atoms with van der Waals surface area (Å²) in [5, 5.41) is 22.7. The number of benzene rings is 1. The number of hydrogen-bond donors (Lipinski definition) is 3. The zero-order valence-corrected chi connectivity index (χ0v) is 13.2. The molecule has 3 N–H and O–H groups in total. The number of carboxylic acid groups (broad SMARTS) is 1. The van der Waals surface area contributed by atoms with Crippen LogP contribution in [0.15, 0.2) is 29.2 Å². The van der Waals surface area contributed by atoms with Gasteiger partial charge in [-0.25, -0.2) is 4.79 Å². The molecule has 0 fully saturated rings. The number of carbonyl (C=O) groups is 2. The van der Waals surface area contributed by atoms with Gasteiger partial charge in [0.2, 0.25) is 0 Å². The Labute approximate surface area is 133 Å². The van der Waals surface area contributed by atoms with Crippen molar-refractivity contribution in [2.24, 2.45) is 5.92 Å². The standard InChI is InChI=1S/C15H19N3O3S/c1-11(9-16)10-22-13-6-3-2-5-12(13)18-15(21)17-8-4-7-14(19)20/h2-3,5-6,11H,4,7-8,10H2,1H3,(H,19,20)(H2,17,18,21). The third kappa shape index (κ3) is 6.99. The van der Waals surface area contributed by atoms with E-state index in [1.54, 1.807) is 6.07 Å². The Morgan fingerprint density at radius 1 is 1.41 bits per heavy atom. The maximum atomic E-state index is 11.8. The molecule has 0 spiro atoms. The lowest BCUT2D eigenvalue weighted by molar-refractivity contribution is -0.137. The van der Waals surface area contributed by atoms with Gasteiger partial charge >= 0.3 is 12.0 Å². The number of para-hydroxylation sites is 1. The van der Waals surface area contributed by atoms with Crippen molar-refractivity contribution in [2.75, 3.05) is 17.6 Å². The van der Waals surface area contributed by atoms with Gasteiger partial charge < -0.3 is 15.7 Å². The van der Waals surface area contributed by atoms with Gasteiger partial charge in [0, 0.05) is 23.6 Å². The van der Waals surface area contributed by atoms with Gasteiger partial charge in [0.1, 0.15) is 0 Å². The van der Waals surface area contributed by atoms with Gasteiger partial charge in [-0.05, 0) is 25.5 Å². The van der Waals surface area contributed by atoms with E-state index in [1.807, 2.05) is 25.1 Å². The number of thioether (sulfide) groups is 1. The second-order valence-electron chi connectivity index (χ2n) is 4.72. The van der Waals surface area contributed by atoms with Crippen molar-refractivity contribution in [3.05, 3.63) is 24.3 Å². The Morgan fingerprint density at radius 2 is 2.14 bits per heavy atom. The molecule has 2 amide bonds. The van der Waals surface area contributed by atoms with Crippen LogP contribution in [-0.2, 0) is 4.79 Å². The molecule has 0 aliphatic heterocycles. The van der Waals surface area contributed by atoms with Crippen LogP contribution in [0.2, 0.25) is 0 Å². The number of hydrogen-bond acceptors (Lipinski definition) is 4. The molecule has 1 atom stereocenters. The summed E-state index contributed by atoms with van der Waals surface area (Å²) < 4.78 is 0. The third-order valence-corrected chi connectivity index (χ3v) is 4.03. The van der Waals surface area contributed by atoms with Gasteiger partial charge in [-0.2, -0.15) is 5.26 Å². The Morgan fingerprint density at radius 3 is 2.82 bits per heavy atom. The van der Waals surface area contributed by atoms with Gasteiger partial charge in [-0.1, -0.05) is 12.1 Å². The Bertz CT molecular complexity index is 557. The summed E-state index contributed by atoms with van der Waals surface area (Å²) >= 11 is 1.51. The van der Waals surface area contributed by atoms with Crippen molar-refractivity contribution in [1.29, 1.82) is 5.26 Å². The van der Waals surface area contributed by atoms with Crippen LogP contribution in [0.25, 0.3) is 0 Å². The van der Waals surface area contributed by atoms with E-state index in [-0.39, 0.29) is 18.4 Å². The monoisotopic (exact) mass is 321 g/mol. The predicted octanol–water partition coefficient (Wildman–Crippen LogP) is 2.92. The fourth-order valence-electron chi connectivity index (χ4n) is 1.56. The molecule has 22 heavy (non-hydrogen) atoms. The topological polar surface area (TPSA) is 102 Å². The minimum atomic E-state index is -0.879. The second kappa shape index (κ2) is 9.68. The molecule has 0 heterocycles. The summed E-state index contributed by atoms with van der Waals surface area (Å²) in [6, 6.07) is 9.16. The van der Waals surface area contributed by atoms with Crippen molar-refractivity contribution in [3.63, 3.8) is 0 Å². The molecule has 1 unspecified atom stereocenters. The molecule has 0 aromatic heterocycles. The molecule has 0 aliphatic rings. The van der Waals surface area contributed by atoms with Gasteiger partial charge in [0.15, 0.2) is 0 Å². The van der Waals surface area contributed by atoms with Crippen LogP contribution in [0.5, 0.6) is 0 Å². The van der Waals surface area contributed by atoms with Gasteiger partial charge in [0.05, 0.1) is 17.7 Å². The first-order valence-electron chi connectivity index (χ1n) is 6.91. The summed E-state index contributed by atoms with van der Waals surface area (Å²) in [5.41, 5.74) is 0.674. The largest absolute Gasteiger partial charge is 0.481 e. The number of aliphatic carboxylic acids is 1. The SMILES string of the molecule is CC(C#N)CSc1ccccc1NC(=O)NCCCC(=O)O. The number of urea groups is 1. The zero-order valence-electron chi connectivity index (χ0n) is 12.3. The fourth-order valence-corrected chi connectivity index (χ4v) is 2.51. The number of nitrogens with one attached hydrogen (secondary N) is 2. The number of amides is 2. The van der Waals surface area contributed by atoms with Crippen LogP contribution in [0.3, 0.4) is 0 Å². The van der Waals surface area contributed by atoms with E-state index in [0.717, 1.165) is 4.90 Å². The van der Waals surface area contributed by atoms with E-state index in [0.29, 0.717) is 24.4 Å². The number of carbonyl (C=O) groups excluding carboxylic acids is 1. The highest BCUT2D eigenvalue weighted by Crippen LogP contribution is 2.28. The summed E-state index contributed by atoms with van der Waals surface area (Å²) in [6.07, 6.45) is 0.414. The second-order valence-corrected chi connectivity index (χ2v) is 5.78. The van der Waals surface area contributed by atoms with Crippen LogP contribution in [-0.4, -0.2) is 29.4 Å². The minimum absolute atomic E-state index is 0.0266. The molecule has 6 nitrogen and oxygen atoms in total. The normalized spacial score (nSPS) is 11.3. The maximum absolute atomic E-state index is 11.8. The Kier molecular flexibility index (Phi) is 7.86. The summed E-state index contributed by atoms with van der Waals surface area (Å²) in [5.74, 6) is -0.298. The highest BCUT2D eigenvalue weighted by atomic mass is 32.2. The van der Waals surface area contributed by atoms with Crippen LogP contribution in [0, 0.1) is 17.2 Å².